The summed E-state index contributed by atoms with van der Waals surface area (Å²) >= 11 is 0. The van der Waals surface area contributed by atoms with Crippen molar-refractivity contribution < 1.29 is 14.3 Å². The number of benzene rings is 2. The van der Waals surface area contributed by atoms with E-state index in [-0.39, 0.29) is 5.78 Å². The smallest absolute Gasteiger partial charge is 0.338 e. The molecule has 0 N–H and O–H groups in total. The lowest BCUT2D eigenvalue weighted by Gasteiger charge is -2.04. The van der Waals surface area contributed by atoms with Crippen molar-refractivity contribution in [3.05, 3.63) is 83.4 Å². The molecule has 0 aliphatic rings. The lowest BCUT2D eigenvalue weighted by Crippen LogP contribution is -2.08. The van der Waals surface area contributed by atoms with Gasteiger partial charge in [-0.1, -0.05) is 42.5 Å². The number of rotatable bonds is 5. The van der Waals surface area contributed by atoms with E-state index in [2.05, 4.69) is 6.58 Å². The highest BCUT2D eigenvalue weighted by atomic mass is 16.5. The molecular formula is C20H18O3. The van der Waals surface area contributed by atoms with Gasteiger partial charge in [0.15, 0.2) is 5.78 Å². The molecule has 3 nitrogen and oxygen atoms in total. The fourth-order valence-corrected chi connectivity index (χ4v) is 1.83. The summed E-state index contributed by atoms with van der Waals surface area (Å²) in [5.74, 6) is -0.205. The molecule has 0 atom stereocenters. The number of carbonyl (C=O) groups excluding carboxylic acids is 2. The Morgan fingerprint density at radius 2 is 1.61 bits per heavy atom. The number of allylic oxidation sites excluding steroid dienone is 1. The second-order valence-electron chi connectivity index (χ2n) is 5.30. The van der Waals surface area contributed by atoms with Crippen LogP contribution in [0.2, 0.25) is 0 Å². The molecule has 0 bridgehead atoms. The third kappa shape index (κ3) is 4.78. The van der Waals surface area contributed by atoms with Gasteiger partial charge in [0, 0.05) is 11.1 Å². The van der Waals surface area contributed by atoms with Crippen molar-refractivity contribution in [3.63, 3.8) is 0 Å². The van der Waals surface area contributed by atoms with E-state index in [4.69, 9.17) is 4.74 Å². The first kappa shape index (κ1) is 16.4. The zero-order chi connectivity index (χ0) is 16.8. The Hall–Kier alpha value is -2.94. The van der Waals surface area contributed by atoms with E-state index in [1.807, 2.05) is 31.2 Å². The van der Waals surface area contributed by atoms with Crippen LogP contribution in [0.25, 0.3) is 6.08 Å². The average molecular weight is 306 g/mol. The molecule has 0 heterocycles. The van der Waals surface area contributed by atoms with E-state index in [9.17, 15) is 9.59 Å². The maximum Gasteiger partial charge on any atom is 0.338 e. The van der Waals surface area contributed by atoms with Crippen LogP contribution in [0.15, 0.2) is 66.8 Å². The molecule has 0 spiro atoms. The topological polar surface area (TPSA) is 43.4 Å². The van der Waals surface area contributed by atoms with Crippen LogP contribution in [0.5, 0.6) is 5.75 Å². The molecule has 0 aliphatic carbocycles. The Labute approximate surface area is 135 Å². The van der Waals surface area contributed by atoms with Gasteiger partial charge in [-0.25, -0.2) is 4.79 Å². The summed E-state index contributed by atoms with van der Waals surface area (Å²) in [4.78, 5) is 23.5. The molecule has 0 unspecified atom stereocenters. The molecule has 0 radical (unpaired) electrons. The van der Waals surface area contributed by atoms with Gasteiger partial charge in [-0.05, 0) is 49.8 Å². The lowest BCUT2D eigenvalue weighted by molar-refractivity contribution is -0.130. The molecule has 2 rings (SSSR count). The Kier molecular flexibility index (Phi) is 5.26. The van der Waals surface area contributed by atoms with Gasteiger partial charge in [0.25, 0.3) is 0 Å². The summed E-state index contributed by atoms with van der Waals surface area (Å²) < 4.78 is 5.08. The van der Waals surface area contributed by atoms with Gasteiger partial charge in [0.1, 0.15) is 5.75 Å². The van der Waals surface area contributed by atoms with E-state index >= 15 is 0 Å². The van der Waals surface area contributed by atoms with E-state index in [0.29, 0.717) is 16.9 Å². The van der Waals surface area contributed by atoms with Gasteiger partial charge in [-0.3, -0.25) is 4.79 Å². The predicted molar refractivity (Wildman–Crippen MR) is 91.4 cm³/mol. The van der Waals surface area contributed by atoms with Gasteiger partial charge in [-0.15, -0.1) is 0 Å². The Bertz CT molecular complexity index is 750. The molecule has 0 saturated heterocycles. The minimum absolute atomic E-state index is 0.108. The number of aryl methyl sites for hydroxylation is 1. The van der Waals surface area contributed by atoms with Gasteiger partial charge in [0.05, 0.1) is 0 Å². The quantitative estimate of drug-likeness (QED) is 0.356. The number of ketones is 1. The summed E-state index contributed by atoms with van der Waals surface area (Å²) in [6.07, 6.45) is 3.30. The fourth-order valence-electron chi connectivity index (χ4n) is 1.83. The van der Waals surface area contributed by atoms with Crippen LogP contribution >= 0.6 is 0 Å². The van der Waals surface area contributed by atoms with Crippen LogP contribution < -0.4 is 4.74 Å². The molecule has 0 amide bonds. The SMILES string of the molecule is C=C(C)C(=O)Oc1ccc(C(=O)C=Cc2ccc(C)cc2)cc1. The Morgan fingerprint density at radius 1 is 1.00 bits per heavy atom. The first-order valence-corrected chi connectivity index (χ1v) is 7.22. The standard InChI is InChI=1S/C20H18O3/c1-14(2)20(22)23-18-11-9-17(10-12-18)19(21)13-8-16-6-4-15(3)5-7-16/h4-13H,1H2,2-3H3. The molecule has 0 fully saturated rings. The van der Waals surface area contributed by atoms with E-state index in [1.165, 1.54) is 11.6 Å². The minimum atomic E-state index is -0.483. The second kappa shape index (κ2) is 7.36. The molecule has 0 aliphatic heterocycles. The second-order valence-corrected chi connectivity index (χ2v) is 5.30. The molecule has 3 heteroatoms. The summed E-state index contributed by atoms with van der Waals surface area (Å²) in [6.45, 7) is 7.11. The zero-order valence-electron chi connectivity index (χ0n) is 13.2. The van der Waals surface area contributed by atoms with Crippen molar-refractivity contribution in [1.82, 2.24) is 0 Å². The van der Waals surface area contributed by atoms with Gasteiger partial charge in [-0.2, -0.15) is 0 Å². The average Bonchev–Trinajstić information content (AvgIpc) is 2.54. The highest BCUT2D eigenvalue weighted by Crippen LogP contribution is 2.15. The highest BCUT2D eigenvalue weighted by Gasteiger charge is 2.06. The molecular weight excluding hydrogens is 288 g/mol. The van der Waals surface area contributed by atoms with Gasteiger partial charge >= 0.3 is 5.97 Å². The molecule has 0 aromatic heterocycles. The zero-order valence-corrected chi connectivity index (χ0v) is 13.2. The van der Waals surface area contributed by atoms with Crippen molar-refractivity contribution >= 4 is 17.8 Å². The maximum atomic E-state index is 12.1. The minimum Gasteiger partial charge on any atom is -0.423 e. The van der Waals surface area contributed by atoms with Crippen LogP contribution in [0.4, 0.5) is 0 Å². The van der Waals surface area contributed by atoms with Gasteiger partial charge in [0.2, 0.25) is 0 Å². The number of ether oxygens (including phenoxy) is 1. The lowest BCUT2D eigenvalue weighted by atomic mass is 10.1. The first-order chi connectivity index (χ1) is 11.0. The van der Waals surface area contributed by atoms with Crippen molar-refractivity contribution in [2.75, 3.05) is 0 Å². The van der Waals surface area contributed by atoms with E-state index in [0.717, 1.165) is 5.56 Å². The van der Waals surface area contributed by atoms with Crippen LogP contribution in [0.3, 0.4) is 0 Å². The Balaban J connectivity index is 2.04. The Morgan fingerprint density at radius 3 is 2.17 bits per heavy atom. The van der Waals surface area contributed by atoms with Gasteiger partial charge < -0.3 is 4.74 Å². The molecule has 0 saturated carbocycles. The summed E-state index contributed by atoms with van der Waals surface area (Å²) in [7, 11) is 0. The van der Waals surface area contributed by atoms with Crippen LogP contribution in [0, 0.1) is 6.92 Å². The normalized spacial score (nSPS) is 10.5. The third-order valence-corrected chi connectivity index (χ3v) is 3.20. The summed E-state index contributed by atoms with van der Waals surface area (Å²) in [5, 5.41) is 0. The number of esters is 1. The predicted octanol–water partition coefficient (Wildman–Crippen LogP) is 4.37. The third-order valence-electron chi connectivity index (χ3n) is 3.20. The molecule has 23 heavy (non-hydrogen) atoms. The van der Waals surface area contributed by atoms with E-state index in [1.54, 1.807) is 37.3 Å². The summed E-state index contributed by atoms with van der Waals surface area (Å²) in [6, 6.07) is 14.3. The number of hydrogen-bond donors (Lipinski definition) is 0. The van der Waals surface area contributed by atoms with Crippen LogP contribution in [-0.2, 0) is 4.79 Å². The highest BCUT2D eigenvalue weighted by molar-refractivity contribution is 6.06. The largest absolute Gasteiger partial charge is 0.423 e. The first-order valence-electron chi connectivity index (χ1n) is 7.22. The maximum absolute atomic E-state index is 12.1. The van der Waals surface area contributed by atoms with Crippen molar-refractivity contribution in [3.8, 4) is 5.75 Å². The van der Waals surface area contributed by atoms with Crippen molar-refractivity contribution in [2.24, 2.45) is 0 Å². The van der Waals surface area contributed by atoms with Crippen LogP contribution in [-0.4, -0.2) is 11.8 Å². The number of carbonyl (C=O) groups is 2. The molecule has 2 aromatic rings. The fraction of sp³-hybridized carbons (Fsp3) is 0.100. The summed E-state index contributed by atoms with van der Waals surface area (Å²) in [5.41, 5.74) is 3.00. The van der Waals surface area contributed by atoms with Crippen molar-refractivity contribution in [1.29, 1.82) is 0 Å². The van der Waals surface area contributed by atoms with Crippen LogP contribution in [0.1, 0.15) is 28.4 Å². The monoisotopic (exact) mass is 306 g/mol. The molecule has 2 aromatic carbocycles. The molecule has 116 valence electrons. The van der Waals surface area contributed by atoms with Crippen molar-refractivity contribution in [2.45, 2.75) is 13.8 Å². The number of hydrogen-bond acceptors (Lipinski definition) is 3. The van der Waals surface area contributed by atoms with E-state index < -0.39 is 5.97 Å².